The van der Waals surface area contributed by atoms with Crippen molar-refractivity contribution in [3.63, 3.8) is 0 Å². The van der Waals surface area contributed by atoms with Crippen LogP contribution in [0, 0.1) is 0 Å². The minimum Gasteiger partial charge on any atom is -0.279 e. The molecule has 3 nitrogen and oxygen atoms in total. The van der Waals surface area contributed by atoms with Crippen LogP contribution < -0.4 is 4.72 Å². The van der Waals surface area contributed by atoms with Gasteiger partial charge in [0.05, 0.1) is 11.3 Å². The van der Waals surface area contributed by atoms with Crippen LogP contribution in [0.4, 0.5) is 18.9 Å². The van der Waals surface area contributed by atoms with Crippen molar-refractivity contribution in [1.82, 2.24) is 0 Å². The van der Waals surface area contributed by atoms with Crippen molar-refractivity contribution in [1.29, 1.82) is 0 Å². The SMILES string of the molecule is O=S(=O)(Nc1ccc(Br)cc1C(F)(F)F)c1ccccc1Br. The summed E-state index contributed by atoms with van der Waals surface area (Å²) in [6, 6.07) is 9.06. The third-order valence-corrected chi connectivity index (χ3v) is 5.53. The highest BCUT2D eigenvalue weighted by Crippen LogP contribution is 2.37. The van der Waals surface area contributed by atoms with Gasteiger partial charge in [-0.25, -0.2) is 8.42 Å². The molecule has 22 heavy (non-hydrogen) atoms. The van der Waals surface area contributed by atoms with Crippen LogP contribution in [0.1, 0.15) is 5.56 Å². The Kier molecular flexibility index (Phi) is 4.88. The van der Waals surface area contributed by atoms with E-state index in [-0.39, 0.29) is 13.8 Å². The highest BCUT2D eigenvalue weighted by molar-refractivity contribution is 9.10. The van der Waals surface area contributed by atoms with Crippen LogP contribution in [0.5, 0.6) is 0 Å². The Hall–Kier alpha value is -1.06. The number of sulfonamides is 1. The third-order valence-electron chi connectivity index (χ3n) is 2.66. The molecule has 0 aliphatic rings. The first kappa shape index (κ1) is 17.3. The molecule has 2 aromatic rings. The summed E-state index contributed by atoms with van der Waals surface area (Å²) in [5, 5.41) is 0. The fourth-order valence-corrected chi connectivity index (χ4v) is 4.15. The fraction of sp³-hybridized carbons (Fsp3) is 0.0769. The smallest absolute Gasteiger partial charge is 0.279 e. The minimum absolute atomic E-state index is 0.147. The summed E-state index contributed by atoms with van der Waals surface area (Å²) in [5.41, 5.74) is -1.61. The lowest BCUT2D eigenvalue weighted by Crippen LogP contribution is -2.17. The highest BCUT2D eigenvalue weighted by atomic mass is 79.9. The molecule has 0 saturated heterocycles. The first-order valence-corrected chi connectivity index (χ1v) is 8.82. The summed E-state index contributed by atoms with van der Waals surface area (Å²) in [6.45, 7) is 0. The Balaban J connectivity index is 2.50. The third kappa shape index (κ3) is 3.82. The van der Waals surface area contributed by atoms with Crippen molar-refractivity contribution in [3.8, 4) is 0 Å². The number of alkyl halides is 3. The van der Waals surface area contributed by atoms with Crippen LogP contribution in [0.15, 0.2) is 56.3 Å². The van der Waals surface area contributed by atoms with Gasteiger partial charge in [-0.2, -0.15) is 13.2 Å². The van der Waals surface area contributed by atoms with Crippen LogP contribution in [-0.2, 0) is 16.2 Å². The van der Waals surface area contributed by atoms with Gasteiger partial charge in [-0.1, -0.05) is 28.1 Å². The minimum atomic E-state index is -4.68. The Morgan fingerprint density at radius 2 is 1.64 bits per heavy atom. The molecule has 2 aromatic carbocycles. The summed E-state index contributed by atoms with van der Waals surface area (Å²) in [7, 11) is -4.15. The summed E-state index contributed by atoms with van der Waals surface area (Å²) < 4.78 is 66.0. The Bertz CT molecular complexity index is 807. The van der Waals surface area contributed by atoms with Gasteiger partial charge in [-0.15, -0.1) is 0 Å². The average Bonchev–Trinajstić information content (AvgIpc) is 2.39. The quantitative estimate of drug-likeness (QED) is 0.700. The second kappa shape index (κ2) is 6.21. The van der Waals surface area contributed by atoms with Gasteiger partial charge in [0.25, 0.3) is 10.0 Å². The van der Waals surface area contributed by atoms with Crippen LogP contribution >= 0.6 is 31.9 Å². The van der Waals surface area contributed by atoms with E-state index in [9.17, 15) is 21.6 Å². The van der Waals surface area contributed by atoms with E-state index in [0.29, 0.717) is 0 Å². The maximum Gasteiger partial charge on any atom is 0.418 e. The zero-order valence-corrected chi connectivity index (χ0v) is 14.6. The molecule has 0 aromatic heterocycles. The lowest BCUT2D eigenvalue weighted by Gasteiger charge is -2.15. The largest absolute Gasteiger partial charge is 0.418 e. The molecule has 9 heteroatoms. The molecule has 0 bridgehead atoms. The van der Waals surface area contributed by atoms with Gasteiger partial charge in [0, 0.05) is 8.95 Å². The monoisotopic (exact) mass is 457 g/mol. The van der Waals surface area contributed by atoms with E-state index in [1.165, 1.54) is 24.3 Å². The number of hydrogen-bond donors (Lipinski definition) is 1. The highest BCUT2D eigenvalue weighted by Gasteiger charge is 2.35. The number of hydrogen-bond acceptors (Lipinski definition) is 2. The maximum atomic E-state index is 13.0. The van der Waals surface area contributed by atoms with Gasteiger partial charge >= 0.3 is 6.18 Å². The standard InChI is InChI=1S/C13H8Br2F3NO2S/c14-8-5-6-11(9(7-8)13(16,17)18)19-22(20,21)12-4-2-1-3-10(12)15/h1-7,19H. The number of halogens is 5. The van der Waals surface area contributed by atoms with E-state index in [1.807, 2.05) is 4.72 Å². The molecule has 2 rings (SSSR count). The summed E-state index contributed by atoms with van der Waals surface area (Å²) in [5.74, 6) is 0. The van der Waals surface area contributed by atoms with Gasteiger partial charge in [-0.3, -0.25) is 4.72 Å². The predicted molar refractivity (Wildman–Crippen MR) is 84.1 cm³/mol. The molecule has 0 radical (unpaired) electrons. The van der Waals surface area contributed by atoms with Crippen molar-refractivity contribution in [2.45, 2.75) is 11.1 Å². The molecular formula is C13H8Br2F3NO2S. The van der Waals surface area contributed by atoms with E-state index in [2.05, 4.69) is 31.9 Å². The molecule has 0 atom stereocenters. The van der Waals surface area contributed by atoms with Crippen LogP contribution in [0.25, 0.3) is 0 Å². The van der Waals surface area contributed by atoms with Gasteiger partial charge in [0.15, 0.2) is 0 Å². The van der Waals surface area contributed by atoms with E-state index in [1.54, 1.807) is 6.07 Å². The van der Waals surface area contributed by atoms with Gasteiger partial charge in [0.2, 0.25) is 0 Å². The second-order valence-corrected chi connectivity index (χ2v) is 7.64. The molecular weight excluding hydrogens is 451 g/mol. The summed E-state index contributed by atoms with van der Waals surface area (Å²) >= 11 is 6.01. The van der Waals surface area contributed by atoms with Crippen molar-refractivity contribution in [2.24, 2.45) is 0 Å². The lowest BCUT2D eigenvalue weighted by molar-refractivity contribution is -0.136. The summed E-state index contributed by atoms with van der Waals surface area (Å²) in [4.78, 5) is -0.147. The zero-order valence-electron chi connectivity index (χ0n) is 10.7. The van der Waals surface area contributed by atoms with Crippen molar-refractivity contribution in [2.75, 3.05) is 4.72 Å². The fourth-order valence-electron chi connectivity index (χ4n) is 1.70. The van der Waals surface area contributed by atoms with Gasteiger partial charge in [0.1, 0.15) is 4.90 Å². The predicted octanol–water partition coefficient (Wildman–Crippen LogP) is 5.03. The Morgan fingerprint density at radius 1 is 1.00 bits per heavy atom. The molecule has 0 saturated carbocycles. The summed E-state index contributed by atoms with van der Waals surface area (Å²) in [6.07, 6.45) is -4.68. The van der Waals surface area contributed by atoms with Crippen molar-refractivity contribution in [3.05, 3.63) is 57.0 Å². The number of anilines is 1. The van der Waals surface area contributed by atoms with Gasteiger partial charge < -0.3 is 0 Å². The molecule has 0 fully saturated rings. The number of rotatable bonds is 3. The van der Waals surface area contributed by atoms with E-state index in [0.717, 1.165) is 12.1 Å². The van der Waals surface area contributed by atoms with E-state index < -0.39 is 27.5 Å². The molecule has 0 heterocycles. The number of benzene rings is 2. The molecule has 0 aliphatic carbocycles. The normalized spacial score (nSPS) is 12.2. The van der Waals surface area contributed by atoms with Crippen LogP contribution in [0.3, 0.4) is 0 Å². The zero-order chi connectivity index (χ0) is 16.5. The topological polar surface area (TPSA) is 46.2 Å². The van der Waals surface area contributed by atoms with Gasteiger partial charge in [-0.05, 0) is 46.3 Å². The van der Waals surface area contributed by atoms with Crippen molar-refractivity contribution >= 4 is 47.6 Å². The van der Waals surface area contributed by atoms with Crippen LogP contribution in [-0.4, -0.2) is 8.42 Å². The Morgan fingerprint density at radius 3 is 2.23 bits per heavy atom. The Labute approximate surface area is 141 Å². The lowest BCUT2D eigenvalue weighted by atomic mass is 10.2. The second-order valence-electron chi connectivity index (χ2n) is 4.22. The molecule has 0 unspecified atom stereocenters. The molecule has 0 amide bonds. The molecule has 0 aliphatic heterocycles. The molecule has 118 valence electrons. The average molecular weight is 459 g/mol. The van der Waals surface area contributed by atoms with Crippen molar-refractivity contribution < 1.29 is 21.6 Å². The molecule has 1 N–H and O–H groups in total. The van der Waals surface area contributed by atoms with Crippen LogP contribution in [0.2, 0.25) is 0 Å². The van der Waals surface area contributed by atoms with E-state index in [4.69, 9.17) is 0 Å². The first-order valence-electron chi connectivity index (χ1n) is 5.75. The molecule has 0 spiro atoms. The first-order chi connectivity index (χ1) is 10.1. The maximum absolute atomic E-state index is 13.0. The number of nitrogens with one attached hydrogen (secondary N) is 1. The van der Waals surface area contributed by atoms with E-state index >= 15 is 0 Å².